The molecule has 7 N–H and O–H groups in total. The Hall–Kier alpha value is -2.46. The van der Waals surface area contributed by atoms with Gasteiger partial charge in [-0.05, 0) is 25.8 Å². The van der Waals surface area contributed by atoms with Crippen LogP contribution in [0.2, 0.25) is 0 Å². The summed E-state index contributed by atoms with van der Waals surface area (Å²) in [4.78, 5) is 43.8. The number of amides is 2. The molecule has 0 bridgehead atoms. The van der Waals surface area contributed by atoms with Crippen molar-refractivity contribution in [1.82, 2.24) is 20.2 Å². The Morgan fingerprint density at radius 3 is 2.60 bits per heavy atom. The second-order valence-corrected chi connectivity index (χ2v) is 5.68. The first-order chi connectivity index (χ1) is 11.9. The molecule has 1 heterocycles. The Kier molecular flexibility index (Phi) is 8.57. The average Bonchev–Trinajstić information content (AvgIpc) is 3.09. The number of imidazole rings is 1. The number of nitrogens with one attached hydrogen (secondary N) is 2. The van der Waals surface area contributed by atoms with Gasteiger partial charge in [-0.15, -0.1) is 0 Å². The highest BCUT2D eigenvalue weighted by atomic mass is 16.4. The van der Waals surface area contributed by atoms with E-state index in [4.69, 9.17) is 11.5 Å². The minimum absolute atomic E-state index is 0.132. The molecule has 0 unspecified atom stereocenters. The summed E-state index contributed by atoms with van der Waals surface area (Å²) in [5, 5.41) is 11.9. The number of carboxylic acid groups (broad SMARTS) is 1. The normalized spacial score (nSPS) is 13.1. The molecule has 140 valence electrons. The third-order valence-electron chi connectivity index (χ3n) is 3.82. The lowest BCUT2D eigenvalue weighted by molar-refractivity contribution is -0.150. The highest BCUT2D eigenvalue weighted by molar-refractivity contribution is 5.90. The highest BCUT2D eigenvalue weighted by Crippen LogP contribution is 2.11. The van der Waals surface area contributed by atoms with Crippen LogP contribution in [0.5, 0.6) is 0 Å². The van der Waals surface area contributed by atoms with Crippen molar-refractivity contribution in [2.24, 2.45) is 11.5 Å². The minimum atomic E-state index is -1.10. The second kappa shape index (κ2) is 10.4. The molecule has 0 aliphatic heterocycles. The monoisotopic (exact) mass is 354 g/mol. The van der Waals surface area contributed by atoms with Crippen LogP contribution in [0.1, 0.15) is 25.0 Å². The number of aromatic amines is 1. The third kappa shape index (κ3) is 6.51. The number of hydrogen-bond acceptors (Lipinski definition) is 6. The van der Waals surface area contributed by atoms with Crippen LogP contribution in [0.4, 0.5) is 0 Å². The Morgan fingerprint density at radius 1 is 1.36 bits per heavy atom. The van der Waals surface area contributed by atoms with Crippen LogP contribution >= 0.6 is 0 Å². The molecule has 1 aromatic heterocycles. The molecule has 10 heteroatoms. The summed E-state index contributed by atoms with van der Waals surface area (Å²) in [7, 11) is 1.41. The highest BCUT2D eigenvalue weighted by Gasteiger charge is 2.31. The van der Waals surface area contributed by atoms with Crippen molar-refractivity contribution in [3.8, 4) is 0 Å². The number of nitrogens with two attached hydrogens (primary N) is 2. The predicted octanol–water partition coefficient (Wildman–Crippen LogP) is -1.56. The number of rotatable bonds is 11. The third-order valence-corrected chi connectivity index (χ3v) is 3.82. The number of H-pyrrole nitrogens is 1. The van der Waals surface area contributed by atoms with Gasteiger partial charge in [0.15, 0.2) is 0 Å². The topological polar surface area (TPSA) is 167 Å². The molecule has 0 aliphatic carbocycles. The van der Waals surface area contributed by atoms with Gasteiger partial charge in [-0.25, -0.2) is 9.78 Å². The Bertz CT molecular complexity index is 562. The number of likely N-dealkylation sites (N-methyl/N-ethyl adjacent to an activating group) is 1. The number of carboxylic acids is 1. The van der Waals surface area contributed by atoms with Crippen molar-refractivity contribution >= 4 is 17.8 Å². The second-order valence-electron chi connectivity index (χ2n) is 5.68. The van der Waals surface area contributed by atoms with E-state index >= 15 is 0 Å². The van der Waals surface area contributed by atoms with E-state index in [1.807, 2.05) is 0 Å². The number of carbonyl (C=O) groups is 3. The first-order valence-electron chi connectivity index (χ1n) is 8.07. The van der Waals surface area contributed by atoms with Gasteiger partial charge >= 0.3 is 5.97 Å². The van der Waals surface area contributed by atoms with Crippen molar-refractivity contribution in [2.75, 3.05) is 20.1 Å². The van der Waals surface area contributed by atoms with E-state index in [2.05, 4.69) is 15.3 Å². The van der Waals surface area contributed by atoms with Crippen LogP contribution in [0.25, 0.3) is 0 Å². The lowest BCUT2D eigenvalue weighted by Crippen LogP contribution is -2.54. The predicted molar refractivity (Wildman–Crippen MR) is 90.4 cm³/mol. The van der Waals surface area contributed by atoms with Crippen molar-refractivity contribution in [2.45, 2.75) is 37.8 Å². The molecular formula is C15H26N6O4. The molecule has 2 amide bonds. The van der Waals surface area contributed by atoms with Crippen LogP contribution in [0.3, 0.4) is 0 Å². The Morgan fingerprint density at radius 2 is 2.08 bits per heavy atom. The SMILES string of the molecule is CN(C(=O)[C@H](Cc1c[nH]cn1)NC(=O)CN)[C@@H](CCCCN)C(=O)O. The van der Waals surface area contributed by atoms with Crippen molar-refractivity contribution in [3.63, 3.8) is 0 Å². The Balaban J connectivity index is 2.87. The summed E-state index contributed by atoms with van der Waals surface area (Å²) in [6.45, 7) is 0.186. The number of aliphatic carboxylic acids is 1. The van der Waals surface area contributed by atoms with Gasteiger partial charge in [0, 0.05) is 19.7 Å². The van der Waals surface area contributed by atoms with Gasteiger partial charge in [0.2, 0.25) is 11.8 Å². The number of nitrogens with zero attached hydrogens (tertiary/aromatic N) is 2. The molecule has 25 heavy (non-hydrogen) atoms. The average molecular weight is 354 g/mol. The van der Waals surface area contributed by atoms with E-state index in [1.165, 1.54) is 13.4 Å². The standard InChI is InChI=1S/C15H26N6O4/c1-21(12(15(24)25)4-2-3-5-16)14(23)11(20-13(22)7-17)6-10-8-18-9-19-10/h8-9,11-12H,2-7,16-17H2,1H3,(H,18,19)(H,20,22)(H,24,25)/t11-,12-/m0/s1. The zero-order chi connectivity index (χ0) is 18.8. The maximum atomic E-state index is 12.7. The maximum absolute atomic E-state index is 12.7. The fraction of sp³-hybridized carbons (Fsp3) is 0.600. The summed E-state index contributed by atoms with van der Waals surface area (Å²) in [6.07, 6.45) is 4.74. The van der Waals surface area contributed by atoms with Crippen LogP contribution in [-0.4, -0.2) is 70.0 Å². The molecule has 0 fully saturated rings. The van der Waals surface area contributed by atoms with Crippen molar-refractivity contribution in [3.05, 3.63) is 18.2 Å². The molecule has 1 rings (SSSR count). The smallest absolute Gasteiger partial charge is 0.326 e. The summed E-state index contributed by atoms with van der Waals surface area (Å²) >= 11 is 0. The van der Waals surface area contributed by atoms with E-state index in [-0.39, 0.29) is 19.4 Å². The van der Waals surface area contributed by atoms with Crippen LogP contribution < -0.4 is 16.8 Å². The molecule has 10 nitrogen and oxygen atoms in total. The van der Waals surface area contributed by atoms with Gasteiger partial charge in [-0.3, -0.25) is 9.59 Å². The van der Waals surface area contributed by atoms with Gasteiger partial charge < -0.3 is 31.8 Å². The summed E-state index contributed by atoms with van der Waals surface area (Å²) in [5.74, 6) is -2.11. The Labute approximate surface area is 146 Å². The molecule has 0 saturated heterocycles. The van der Waals surface area contributed by atoms with E-state index in [1.54, 1.807) is 6.20 Å². The molecule has 0 aromatic carbocycles. The van der Waals surface area contributed by atoms with Crippen molar-refractivity contribution in [1.29, 1.82) is 0 Å². The number of hydrogen-bond donors (Lipinski definition) is 5. The summed E-state index contributed by atoms with van der Waals surface area (Å²) in [5.41, 5.74) is 11.3. The lowest BCUT2D eigenvalue weighted by Gasteiger charge is -2.29. The van der Waals surface area contributed by atoms with Crippen molar-refractivity contribution < 1.29 is 19.5 Å². The molecule has 1 aromatic rings. The quantitative estimate of drug-likeness (QED) is 0.299. The summed E-state index contributed by atoms with van der Waals surface area (Å²) in [6, 6.07) is -1.93. The van der Waals surface area contributed by atoms with E-state index in [9.17, 15) is 19.5 Å². The number of carbonyl (C=O) groups excluding carboxylic acids is 2. The largest absolute Gasteiger partial charge is 0.480 e. The molecular weight excluding hydrogens is 328 g/mol. The zero-order valence-corrected chi connectivity index (χ0v) is 14.3. The first-order valence-corrected chi connectivity index (χ1v) is 8.07. The molecule has 0 radical (unpaired) electrons. The molecule has 0 aliphatic rings. The fourth-order valence-electron chi connectivity index (χ4n) is 2.43. The molecule has 0 spiro atoms. The minimum Gasteiger partial charge on any atom is -0.480 e. The zero-order valence-electron chi connectivity index (χ0n) is 14.3. The maximum Gasteiger partial charge on any atom is 0.326 e. The first kappa shape index (κ1) is 20.6. The van der Waals surface area contributed by atoms with E-state index in [0.29, 0.717) is 25.1 Å². The summed E-state index contributed by atoms with van der Waals surface area (Å²) < 4.78 is 0. The van der Waals surface area contributed by atoms with Crippen LogP contribution in [0.15, 0.2) is 12.5 Å². The van der Waals surface area contributed by atoms with Gasteiger partial charge in [-0.2, -0.15) is 0 Å². The van der Waals surface area contributed by atoms with E-state index in [0.717, 1.165) is 4.90 Å². The van der Waals surface area contributed by atoms with E-state index < -0.39 is 29.9 Å². The number of aromatic nitrogens is 2. The van der Waals surface area contributed by atoms with Gasteiger partial charge in [0.25, 0.3) is 0 Å². The van der Waals surface area contributed by atoms with Gasteiger partial charge in [-0.1, -0.05) is 0 Å². The molecule has 0 saturated carbocycles. The lowest BCUT2D eigenvalue weighted by atomic mass is 10.1. The van der Waals surface area contributed by atoms with Crippen LogP contribution in [-0.2, 0) is 20.8 Å². The van der Waals surface area contributed by atoms with Gasteiger partial charge in [0.05, 0.1) is 18.6 Å². The molecule has 2 atom stereocenters. The van der Waals surface area contributed by atoms with Crippen LogP contribution in [0, 0.1) is 0 Å². The van der Waals surface area contributed by atoms with Gasteiger partial charge in [0.1, 0.15) is 12.1 Å². The number of unbranched alkanes of at least 4 members (excludes halogenated alkanes) is 1. The fourth-order valence-corrected chi connectivity index (χ4v) is 2.43.